The fourth-order valence-corrected chi connectivity index (χ4v) is 2.87. The van der Waals surface area contributed by atoms with Gasteiger partial charge >= 0.3 is 5.97 Å². The predicted molar refractivity (Wildman–Crippen MR) is 79.0 cm³/mol. The maximum absolute atomic E-state index is 13.6. The van der Waals surface area contributed by atoms with Crippen molar-refractivity contribution in [1.29, 1.82) is 0 Å². The Morgan fingerprint density at radius 3 is 2.57 bits per heavy atom. The Hall–Kier alpha value is -1.62. The summed E-state index contributed by atoms with van der Waals surface area (Å²) in [5.74, 6) is -1.27. The Morgan fingerprint density at radius 2 is 2.05 bits per heavy atom. The van der Waals surface area contributed by atoms with Crippen molar-refractivity contribution < 1.29 is 18.7 Å². The fraction of sp³-hybridized carbons (Fsp3) is 0.562. The normalized spacial score (nSPS) is 22.9. The van der Waals surface area contributed by atoms with E-state index in [0.717, 1.165) is 6.42 Å². The van der Waals surface area contributed by atoms with E-state index >= 15 is 0 Å². The first-order valence-corrected chi connectivity index (χ1v) is 6.99. The van der Waals surface area contributed by atoms with Crippen LogP contribution in [0.5, 0.6) is 0 Å². The van der Waals surface area contributed by atoms with Gasteiger partial charge in [-0.1, -0.05) is 0 Å². The second kappa shape index (κ2) is 5.30. The first-order chi connectivity index (χ1) is 9.64. The Kier molecular flexibility index (Phi) is 3.97. The summed E-state index contributed by atoms with van der Waals surface area (Å²) in [6.07, 6.45) is 0.824. The summed E-state index contributed by atoms with van der Waals surface area (Å²) >= 11 is 0. The lowest BCUT2D eigenvalue weighted by atomic mass is 9.94. The van der Waals surface area contributed by atoms with Crippen molar-refractivity contribution in [3.63, 3.8) is 0 Å². The second-order valence-corrected chi connectivity index (χ2v) is 6.55. The topological polar surface area (TPSA) is 47.6 Å². The largest absolute Gasteiger partial charge is 0.465 e. The lowest BCUT2D eigenvalue weighted by Crippen LogP contribution is -2.38. The number of carbonyl (C=O) groups is 1. The molecule has 1 aromatic carbocycles. The number of rotatable bonds is 3. The van der Waals surface area contributed by atoms with E-state index in [1.54, 1.807) is 6.07 Å². The SMILES string of the molecule is COC(=O)c1cc(NC2CC(C)(C)OC2(C)C)ccc1F. The van der Waals surface area contributed by atoms with E-state index in [1.807, 2.05) is 27.7 Å². The highest BCUT2D eigenvalue weighted by Gasteiger charge is 2.45. The van der Waals surface area contributed by atoms with Crippen LogP contribution in [0.4, 0.5) is 10.1 Å². The van der Waals surface area contributed by atoms with Gasteiger partial charge in [-0.3, -0.25) is 0 Å². The van der Waals surface area contributed by atoms with Crippen LogP contribution in [0.1, 0.15) is 44.5 Å². The van der Waals surface area contributed by atoms with Crippen LogP contribution in [0.3, 0.4) is 0 Å². The summed E-state index contributed by atoms with van der Waals surface area (Å²) < 4.78 is 24.2. The van der Waals surface area contributed by atoms with Crippen LogP contribution in [0.2, 0.25) is 0 Å². The minimum Gasteiger partial charge on any atom is -0.465 e. The van der Waals surface area contributed by atoms with Crippen LogP contribution >= 0.6 is 0 Å². The molecule has 1 unspecified atom stereocenters. The number of carbonyl (C=O) groups excluding carboxylic acids is 1. The molecule has 1 fully saturated rings. The molecule has 1 heterocycles. The number of hydrogen-bond acceptors (Lipinski definition) is 4. The minimum atomic E-state index is -0.682. The number of ether oxygens (including phenoxy) is 2. The highest BCUT2D eigenvalue weighted by atomic mass is 19.1. The van der Waals surface area contributed by atoms with Crippen molar-refractivity contribution in [1.82, 2.24) is 0 Å². The number of methoxy groups -OCH3 is 1. The Labute approximate surface area is 124 Å². The molecule has 1 aliphatic rings. The lowest BCUT2D eigenvalue weighted by molar-refractivity contribution is -0.0662. The van der Waals surface area contributed by atoms with Crippen LogP contribution in [-0.4, -0.2) is 30.3 Å². The fourth-order valence-electron chi connectivity index (χ4n) is 2.87. The molecule has 1 N–H and O–H groups in total. The average Bonchev–Trinajstić information content (AvgIpc) is 2.58. The van der Waals surface area contributed by atoms with Gasteiger partial charge in [0.2, 0.25) is 0 Å². The van der Waals surface area contributed by atoms with Gasteiger partial charge < -0.3 is 14.8 Å². The smallest absolute Gasteiger partial charge is 0.340 e. The molecule has 0 bridgehead atoms. The van der Waals surface area contributed by atoms with Gasteiger partial charge in [-0.05, 0) is 52.3 Å². The van der Waals surface area contributed by atoms with E-state index < -0.39 is 11.8 Å². The van der Waals surface area contributed by atoms with Gasteiger partial charge in [-0.25, -0.2) is 9.18 Å². The molecule has 1 saturated heterocycles. The molecular weight excluding hydrogens is 273 g/mol. The summed E-state index contributed by atoms with van der Waals surface area (Å²) in [5, 5.41) is 3.33. The molecule has 0 saturated carbocycles. The standard InChI is InChI=1S/C16H22FNO3/c1-15(2)9-13(16(3,4)21-15)18-10-6-7-12(17)11(8-10)14(19)20-5/h6-8,13,18H,9H2,1-5H3. The van der Waals surface area contributed by atoms with Crippen molar-refractivity contribution in [2.75, 3.05) is 12.4 Å². The molecule has 0 radical (unpaired) electrons. The number of benzene rings is 1. The zero-order valence-electron chi connectivity index (χ0n) is 13.1. The van der Waals surface area contributed by atoms with Gasteiger partial charge in [0, 0.05) is 5.69 Å². The maximum atomic E-state index is 13.6. The third kappa shape index (κ3) is 3.35. The van der Waals surface area contributed by atoms with E-state index in [2.05, 4.69) is 10.1 Å². The molecular formula is C16H22FNO3. The van der Waals surface area contributed by atoms with Gasteiger partial charge in [0.05, 0.1) is 29.9 Å². The van der Waals surface area contributed by atoms with Crippen LogP contribution in [-0.2, 0) is 9.47 Å². The quantitative estimate of drug-likeness (QED) is 0.869. The molecule has 5 heteroatoms. The number of hydrogen-bond donors (Lipinski definition) is 1. The summed E-state index contributed by atoms with van der Waals surface area (Å²) in [5.41, 5.74) is 0.0463. The maximum Gasteiger partial charge on any atom is 0.340 e. The molecule has 2 rings (SSSR count). The van der Waals surface area contributed by atoms with Crippen molar-refractivity contribution >= 4 is 11.7 Å². The zero-order valence-corrected chi connectivity index (χ0v) is 13.1. The Bertz CT molecular complexity index is 554. The molecule has 4 nitrogen and oxygen atoms in total. The van der Waals surface area contributed by atoms with Gasteiger partial charge in [0.15, 0.2) is 0 Å². The Balaban J connectivity index is 2.23. The minimum absolute atomic E-state index is 0.0709. The summed E-state index contributed by atoms with van der Waals surface area (Å²) in [6.45, 7) is 8.12. The number of nitrogens with one attached hydrogen (secondary N) is 1. The molecule has 1 atom stereocenters. The molecule has 0 aromatic heterocycles. The first kappa shape index (κ1) is 15.8. The van der Waals surface area contributed by atoms with Crippen LogP contribution in [0.25, 0.3) is 0 Å². The van der Waals surface area contributed by atoms with E-state index in [-0.39, 0.29) is 22.8 Å². The van der Waals surface area contributed by atoms with Crippen molar-refractivity contribution in [2.24, 2.45) is 0 Å². The monoisotopic (exact) mass is 295 g/mol. The molecule has 0 spiro atoms. The summed E-state index contributed by atoms with van der Waals surface area (Å²) in [4.78, 5) is 11.5. The number of halogens is 1. The van der Waals surface area contributed by atoms with Crippen LogP contribution in [0.15, 0.2) is 18.2 Å². The van der Waals surface area contributed by atoms with Gasteiger partial charge in [-0.15, -0.1) is 0 Å². The van der Waals surface area contributed by atoms with Crippen molar-refractivity contribution in [3.05, 3.63) is 29.6 Å². The van der Waals surface area contributed by atoms with Gasteiger partial charge in [-0.2, -0.15) is 0 Å². The lowest BCUT2D eigenvalue weighted by Gasteiger charge is -2.28. The number of esters is 1. The van der Waals surface area contributed by atoms with E-state index in [0.29, 0.717) is 5.69 Å². The third-order valence-corrected chi connectivity index (χ3v) is 3.79. The van der Waals surface area contributed by atoms with E-state index in [9.17, 15) is 9.18 Å². The van der Waals surface area contributed by atoms with Crippen LogP contribution < -0.4 is 5.32 Å². The van der Waals surface area contributed by atoms with Gasteiger partial charge in [0.25, 0.3) is 0 Å². The molecule has 116 valence electrons. The highest BCUT2D eigenvalue weighted by molar-refractivity contribution is 5.90. The number of anilines is 1. The molecule has 0 aliphatic carbocycles. The first-order valence-electron chi connectivity index (χ1n) is 6.99. The highest BCUT2D eigenvalue weighted by Crippen LogP contribution is 2.38. The molecule has 21 heavy (non-hydrogen) atoms. The van der Waals surface area contributed by atoms with E-state index in [1.165, 1.54) is 19.2 Å². The van der Waals surface area contributed by atoms with Crippen molar-refractivity contribution in [3.8, 4) is 0 Å². The Morgan fingerprint density at radius 1 is 1.38 bits per heavy atom. The average molecular weight is 295 g/mol. The predicted octanol–water partition coefficient (Wildman–Crippen LogP) is 3.37. The van der Waals surface area contributed by atoms with Gasteiger partial charge in [0.1, 0.15) is 5.82 Å². The molecule has 0 amide bonds. The van der Waals surface area contributed by atoms with Crippen molar-refractivity contribution in [2.45, 2.75) is 51.4 Å². The van der Waals surface area contributed by atoms with E-state index in [4.69, 9.17) is 4.74 Å². The third-order valence-electron chi connectivity index (χ3n) is 3.79. The zero-order chi connectivity index (χ0) is 15.8. The summed E-state index contributed by atoms with van der Waals surface area (Å²) in [6, 6.07) is 4.43. The summed E-state index contributed by atoms with van der Waals surface area (Å²) in [7, 11) is 1.23. The molecule has 1 aromatic rings. The molecule has 1 aliphatic heterocycles. The second-order valence-electron chi connectivity index (χ2n) is 6.55. The van der Waals surface area contributed by atoms with Crippen LogP contribution in [0, 0.1) is 5.82 Å².